The Morgan fingerprint density at radius 3 is 2.50 bits per heavy atom. The third kappa shape index (κ3) is 3.57. The first kappa shape index (κ1) is 14.8. The molecule has 0 aliphatic heterocycles. The van der Waals surface area contributed by atoms with Crippen LogP contribution < -0.4 is 10.9 Å². The first-order valence-electron chi connectivity index (χ1n) is 6.55. The molecule has 1 heterocycles. The van der Waals surface area contributed by atoms with Gasteiger partial charge in [-0.25, -0.2) is 0 Å². The summed E-state index contributed by atoms with van der Waals surface area (Å²) in [5, 5.41) is 0.602. The van der Waals surface area contributed by atoms with Crippen LogP contribution in [-0.2, 0) is 0 Å². The number of hydrogen-bond acceptors (Lipinski definition) is 3. The van der Waals surface area contributed by atoms with E-state index in [4.69, 9.17) is 11.6 Å². The van der Waals surface area contributed by atoms with E-state index in [1.807, 2.05) is 30.3 Å². The Balaban J connectivity index is 1.64. The number of carbonyl (C=O) groups excluding carboxylic acids is 1. The number of nitrogens with one attached hydrogen (secondary N) is 2. The average Bonchev–Trinajstić information content (AvgIpc) is 3.03. The van der Waals surface area contributed by atoms with E-state index < -0.39 is 0 Å². The van der Waals surface area contributed by atoms with Crippen LogP contribution in [0.3, 0.4) is 0 Å². The Labute approximate surface area is 138 Å². The van der Waals surface area contributed by atoms with E-state index in [0.29, 0.717) is 10.6 Å². The summed E-state index contributed by atoms with van der Waals surface area (Å²) in [6, 6.07) is 16.7. The molecule has 1 aromatic heterocycles. The Bertz CT molecular complexity index is 772. The predicted octanol–water partition coefficient (Wildman–Crippen LogP) is 3.22. The van der Waals surface area contributed by atoms with Crippen molar-refractivity contribution in [2.45, 2.75) is 0 Å². The topological polar surface area (TPSA) is 54.0 Å². The molecule has 0 aliphatic carbocycles. The number of carbonyl (C=O) groups is 1. The molecule has 0 bridgehead atoms. The molecule has 3 aromatic rings. The van der Waals surface area contributed by atoms with Gasteiger partial charge in [0.1, 0.15) is 0 Å². The maximum atomic E-state index is 12.0. The van der Waals surface area contributed by atoms with Gasteiger partial charge in [-0.3, -0.25) is 0 Å². The number of hydrogen-bond donors (Lipinski definition) is 2. The van der Waals surface area contributed by atoms with E-state index in [1.165, 1.54) is 0 Å². The molecule has 0 radical (unpaired) electrons. The van der Waals surface area contributed by atoms with Gasteiger partial charge in [0.25, 0.3) is 0 Å². The fourth-order valence-electron chi connectivity index (χ4n) is 1.86. The molecule has 0 spiro atoms. The summed E-state index contributed by atoms with van der Waals surface area (Å²) in [6.07, 6.45) is 0. The molecule has 22 heavy (non-hydrogen) atoms. The molecule has 2 aromatic carbocycles. The number of hydrazine groups is 1. The van der Waals surface area contributed by atoms with E-state index in [2.05, 4.69) is 20.8 Å². The van der Waals surface area contributed by atoms with Gasteiger partial charge >= 0.3 is 139 Å². The number of nitrogens with zero attached hydrogens (tertiary/aromatic N) is 1. The van der Waals surface area contributed by atoms with Crippen molar-refractivity contribution < 1.29 is 4.79 Å². The van der Waals surface area contributed by atoms with Crippen LogP contribution in [0.2, 0.25) is 5.02 Å². The fraction of sp³-hybridized carbons (Fsp3) is 0. The third-order valence-corrected chi connectivity index (χ3v) is 4.80. The third-order valence-electron chi connectivity index (χ3n) is 2.96. The van der Waals surface area contributed by atoms with E-state index in [-0.39, 0.29) is 20.4 Å². The summed E-state index contributed by atoms with van der Waals surface area (Å²) >= 11 is 5.88. The monoisotopic (exact) mass is 377 g/mol. The Kier molecular flexibility index (Phi) is 4.59. The van der Waals surface area contributed by atoms with E-state index in [0.717, 1.165) is 15.9 Å². The van der Waals surface area contributed by atoms with Gasteiger partial charge in [-0.1, -0.05) is 0 Å². The first-order valence-corrected chi connectivity index (χ1v) is 8.77. The fourth-order valence-corrected chi connectivity index (χ4v) is 3.39. The summed E-state index contributed by atoms with van der Waals surface area (Å²) in [4.78, 5) is 18.6. The first-order chi connectivity index (χ1) is 10.7. The standard InChI is InChI=1S/C16H12ClN3OSe/c17-13-8-6-12(7-9-13)15(21)19-20-16-18-14(10-22-16)11-4-2-1-3-5-11/h1-10H,(H,18,20)(H,19,21). The summed E-state index contributed by atoms with van der Waals surface area (Å²) in [5.41, 5.74) is 8.09. The molecule has 0 fully saturated rings. The second-order valence-electron chi connectivity index (χ2n) is 4.49. The van der Waals surface area contributed by atoms with Gasteiger partial charge in [0, 0.05) is 0 Å². The zero-order valence-corrected chi connectivity index (χ0v) is 13.9. The van der Waals surface area contributed by atoms with Gasteiger partial charge in [0.2, 0.25) is 0 Å². The molecule has 0 saturated carbocycles. The number of halogens is 1. The van der Waals surface area contributed by atoms with Gasteiger partial charge < -0.3 is 0 Å². The average molecular weight is 377 g/mol. The van der Waals surface area contributed by atoms with Crippen LogP contribution in [0, 0.1) is 0 Å². The van der Waals surface area contributed by atoms with Crippen LogP contribution in [0.5, 0.6) is 0 Å². The summed E-state index contributed by atoms with van der Waals surface area (Å²) in [7, 11) is 0. The molecule has 0 aliphatic rings. The number of aromatic nitrogens is 1. The van der Waals surface area contributed by atoms with Crippen molar-refractivity contribution in [2.24, 2.45) is 0 Å². The van der Waals surface area contributed by atoms with Crippen LogP contribution in [0.4, 0.5) is 4.69 Å². The van der Waals surface area contributed by atoms with Crippen LogP contribution in [0.25, 0.3) is 11.3 Å². The summed E-state index contributed by atoms with van der Waals surface area (Å²) in [5.74, 6) is -0.219. The molecule has 110 valence electrons. The molecule has 0 saturated heterocycles. The number of rotatable bonds is 4. The SMILES string of the molecule is O=C(NNc1nc(-c2ccccc2)c[se]1)c1ccc(Cl)cc1. The Morgan fingerprint density at radius 1 is 1.05 bits per heavy atom. The predicted molar refractivity (Wildman–Crippen MR) is 89.2 cm³/mol. The van der Waals surface area contributed by atoms with Gasteiger partial charge in [0.05, 0.1) is 0 Å². The second-order valence-corrected chi connectivity index (χ2v) is 6.73. The van der Waals surface area contributed by atoms with Crippen molar-refractivity contribution in [3.05, 3.63) is 70.1 Å². The van der Waals surface area contributed by atoms with Crippen molar-refractivity contribution in [3.63, 3.8) is 0 Å². The minimum absolute atomic E-state index is 0.0818. The molecule has 3 rings (SSSR count). The van der Waals surface area contributed by atoms with Crippen molar-refractivity contribution in [2.75, 3.05) is 5.43 Å². The minimum atomic E-state index is -0.219. The molecule has 0 atom stereocenters. The van der Waals surface area contributed by atoms with Gasteiger partial charge in [-0.2, -0.15) is 0 Å². The maximum absolute atomic E-state index is 12.0. The summed E-state index contributed by atoms with van der Waals surface area (Å²) in [6.45, 7) is 0. The van der Waals surface area contributed by atoms with Gasteiger partial charge in [-0.15, -0.1) is 0 Å². The Morgan fingerprint density at radius 2 is 1.77 bits per heavy atom. The summed E-state index contributed by atoms with van der Waals surface area (Å²) < 4.78 is 0.772. The molecule has 0 unspecified atom stereocenters. The van der Waals surface area contributed by atoms with Crippen molar-refractivity contribution in [3.8, 4) is 11.3 Å². The van der Waals surface area contributed by atoms with E-state index >= 15 is 0 Å². The molecule has 1 amide bonds. The normalized spacial score (nSPS) is 10.2. The molecule has 2 N–H and O–H groups in total. The van der Waals surface area contributed by atoms with Gasteiger partial charge in [-0.05, 0) is 0 Å². The van der Waals surface area contributed by atoms with E-state index in [1.54, 1.807) is 24.3 Å². The van der Waals surface area contributed by atoms with E-state index in [9.17, 15) is 4.79 Å². The Hall–Kier alpha value is -2.07. The van der Waals surface area contributed by atoms with Crippen LogP contribution in [0.15, 0.2) is 59.5 Å². The molecule has 4 nitrogen and oxygen atoms in total. The molecule has 6 heteroatoms. The second kappa shape index (κ2) is 6.79. The molecular formula is C16H12ClN3OSe. The van der Waals surface area contributed by atoms with Gasteiger partial charge in [0.15, 0.2) is 0 Å². The van der Waals surface area contributed by atoms with Crippen molar-refractivity contribution >= 4 is 36.7 Å². The van der Waals surface area contributed by atoms with Crippen molar-refractivity contribution in [1.29, 1.82) is 0 Å². The quantitative estimate of drug-likeness (QED) is 0.543. The van der Waals surface area contributed by atoms with Crippen LogP contribution in [0.1, 0.15) is 10.4 Å². The van der Waals surface area contributed by atoms with Crippen molar-refractivity contribution in [1.82, 2.24) is 10.4 Å². The number of benzene rings is 2. The molecular weight excluding hydrogens is 365 g/mol. The van der Waals surface area contributed by atoms with Crippen LogP contribution in [-0.4, -0.2) is 25.4 Å². The number of anilines is 1. The zero-order chi connectivity index (χ0) is 15.4. The number of amides is 1. The zero-order valence-electron chi connectivity index (χ0n) is 11.4. The van der Waals surface area contributed by atoms with Crippen LogP contribution >= 0.6 is 11.6 Å².